The highest BCUT2D eigenvalue weighted by Crippen LogP contribution is 2.49. The summed E-state index contributed by atoms with van der Waals surface area (Å²) >= 11 is 0. The number of likely N-dealkylation sites (tertiary alicyclic amines) is 1. The molecule has 0 aromatic rings. The fraction of sp³-hybridized carbons (Fsp3) is 1.00. The van der Waals surface area contributed by atoms with Gasteiger partial charge in [-0.1, -0.05) is 20.8 Å². The van der Waals surface area contributed by atoms with Gasteiger partial charge < -0.3 is 10.2 Å². The summed E-state index contributed by atoms with van der Waals surface area (Å²) in [6, 6.07) is 1.37. The molecular formula is C14H28N2. The van der Waals surface area contributed by atoms with Crippen LogP contribution in [0.1, 0.15) is 52.9 Å². The lowest BCUT2D eigenvalue weighted by Gasteiger charge is -2.36. The Morgan fingerprint density at radius 2 is 2.12 bits per heavy atom. The first-order valence-corrected chi connectivity index (χ1v) is 7.12. The van der Waals surface area contributed by atoms with Gasteiger partial charge in [0.05, 0.1) is 0 Å². The molecule has 0 aromatic carbocycles. The van der Waals surface area contributed by atoms with Crippen LogP contribution in [-0.4, -0.2) is 36.6 Å². The van der Waals surface area contributed by atoms with Gasteiger partial charge in [-0.3, -0.25) is 0 Å². The number of nitrogens with zero attached hydrogens (tertiary/aromatic N) is 1. The quantitative estimate of drug-likeness (QED) is 0.772. The van der Waals surface area contributed by atoms with Crippen LogP contribution in [0.5, 0.6) is 0 Å². The van der Waals surface area contributed by atoms with E-state index in [2.05, 4.69) is 31.0 Å². The zero-order chi connectivity index (χ0) is 11.6. The molecule has 2 aliphatic rings. The molecule has 1 N–H and O–H groups in total. The van der Waals surface area contributed by atoms with Crippen LogP contribution in [0.4, 0.5) is 0 Å². The molecule has 2 rings (SSSR count). The highest BCUT2D eigenvalue weighted by atomic mass is 15.2. The highest BCUT2D eigenvalue weighted by molar-refractivity contribution is 4.95. The van der Waals surface area contributed by atoms with Crippen molar-refractivity contribution in [1.29, 1.82) is 0 Å². The summed E-state index contributed by atoms with van der Waals surface area (Å²) in [5.74, 6) is 0. The van der Waals surface area contributed by atoms with E-state index in [0.29, 0.717) is 6.04 Å². The third-order valence-electron chi connectivity index (χ3n) is 4.34. The summed E-state index contributed by atoms with van der Waals surface area (Å²) in [6.45, 7) is 10.8. The molecule has 2 nitrogen and oxygen atoms in total. The molecule has 0 bridgehead atoms. The van der Waals surface area contributed by atoms with Gasteiger partial charge in [-0.2, -0.15) is 0 Å². The van der Waals surface area contributed by atoms with Crippen LogP contribution < -0.4 is 5.32 Å². The maximum atomic E-state index is 3.69. The molecule has 16 heavy (non-hydrogen) atoms. The molecule has 2 heteroatoms. The molecule has 1 saturated carbocycles. The number of hydrogen-bond donors (Lipinski definition) is 1. The largest absolute Gasteiger partial charge is 0.311 e. The second-order valence-corrected chi connectivity index (χ2v) is 6.25. The van der Waals surface area contributed by atoms with Gasteiger partial charge in [0.2, 0.25) is 0 Å². The average molecular weight is 224 g/mol. The summed E-state index contributed by atoms with van der Waals surface area (Å²) in [5, 5.41) is 3.69. The van der Waals surface area contributed by atoms with Gasteiger partial charge in [0.25, 0.3) is 0 Å². The minimum atomic E-state index is 0.631. The van der Waals surface area contributed by atoms with Crippen LogP contribution in [-0.2, 0) is 0 Å². The predicted octanol–water partition coefficient (Wildman–Crippen LogP) is 2.64. The molecule has 1 atom stereocenters. The molecule has 1 aliphatic carbocycles. The van der Waals surface area contributed by atoms with Gasteiger partial charge in [0.1, 0.15) is 0 Å². The Bertz CT molecular complexity index is 221. The molecule has 1 saturated heterocycles. The number of piperidine rings is 1. The van der Waals surface area contributed by atoms with Gasteiger partial charge in [0.15, 0.2) is 0 Å². The molecule has 0 aromatic heterocycles. The van der Waals surface area contributed by atoms with Crippen molar-refractivity contribution in [3.63, 3.8) is 0 Å². The zero-order valence-corrected chi connectivity index (χ0v) is 11.3. The lowest BCUT2D eigenvalue weighted by atomic mass is 9.99. The number of rotatable bonds is 5. The van der Waals surface area contributed by atoms with Crippen molar-refractivity contribution < 1.29 is 0 Å². The van der Waals surface area contributed by atoms with Crippen molar-refractivity contribution in [2.75, 3.05) is 19.6 Å². The number of nitrogens with one attached hydrogen (secondary N) is 1. The van der Waals surface area contributed by atoms with Crippen molar-refractivity contribution in [2.45, 2.75) is 65.0 Å². The van der Waals surface area contributed by atoms with Gasteiger partial charge in [0, 0.05) is 25.2 Å². The normalized spacial score (nSPS) is 29.6. The lowest BCUT2D eigenvalue weighted by Crippen LogP contribution is -2.49. The van der Waals surface area contributed by atoms with E-state index in [4.69, 9.17) is 0 Å². The average Bonchev–Trinajstić information content (AvgIpc) is 2.98. The first kappa shape index (κ1) is 12.4. The van der Waals surface area contributed by atoms with E-state index in [1.165, 1.54) is 51.7 Å². The maximum Gasteiger partial charge on any atom is 0.0197 e. The van der Waals surface area contributed by atoms with Crippen LogP contribution in [0.2, 0.25) is 0 Å². The Kier molecular flexibility index (Phi) is 3.91. The molecule has 1 heterocycles. The van der Waals surface area contributed by atoms with Crippen LogP contribution >= 0.6 is 0 Å². The third kappa shape index (κ3) is 3.21. The molecule has 0 radical (unpaired) electrons. The van der Waals surface area contributed by atoms with Gasteiger partial charge in [-0.05, 0) is 44.1 Å². The van der Waals surface area contributed by atoms with Crippen LogP contribution in [0.3, 0.4) is 0 Å². The predicted molar refractivity (Wildman–Crippen MR) is 69.7 cm³/mol. The van der Waals surface area contributed by atoms with Crippen molar-refractivity contribution in [3.8, 4) is 0 Å². The van der Waals surface area contributed by atoms with E-state index in [9.17, 15) is 0 Å². The standard InChI is InChI=1S/C14H28N2/c1-4-14(7-8-14)11-16-9-5-6-13(10-16)15-12(2)3/h12-13,15H,4-11H2,1-3H3. The van der Waals surface area contributed by atoms with E-state index in [0.717, 1.165) is 11.5 Å². The second kappa shape index (κ2) is 5.05. The molecule has 0 amide bonds. The molecule has 1 aliphatic heterocycles. The summed E-state index contributed by atoms with van der Waals surface area (Å²) in [5.41, 5.74) is 0.722. The van der Waals surface area contributed by atoms with E-state index in [1.54, 1.807) is 0 Å². The lowest BCUT2D eigenvalue weighted by molar-refractivity contribution is 0.152. The molecule has 2 fully saturated rings. The topological polar surface area (TPSA) is 15.3 Å². The van der Waals surface area contributed by atoms with E-state index < -0.39 is 0 Å². The monoisotopic (exact) mass is 224 g/mol. The summed E-state index contributed by atoms with van der Waals surface area (Å²) < 4.78 is 0. The zero-order valence-electron chi connectivity index (χ0n) is 11.3. The van der Waals surface area contributed by atoms with Crippen molar-refractivity contribution in [2.24, 2.45) is 5.41 Å². The van der Waals surface area contributed by atoms with Gasteiger partial charge in [-0.25, -0.2) is 0 Å². The van der Waals surface area contributed by atoms with Crippen molar-refractivity contribution in [1.82, 2.24) is 10.2 Å². The van der Waals surface area contributed by atoms with Crippen molar-refractivity contribution >= 4 is 0 Å². The maximum absolute atomic E-state index is 3.69. The highest BCUT2D eigenvalue weighted by Gasteiger charge is 2.42. The van der Waals surface area contributed by atoms with E-state index in [-0.39, 0.29) is 0 Å². The fourth-order valence-electron chi connectivity index (χ4n) is 3.08. The number of hydrogen-bond acceptors (Lipinski definition) is 2. The summed E-state index contributed by atoms with van der Waals surface area (Å²) in [7, 11) is 0. The smallest absolute Gasteiger partial charge is 0.0197 e. The Hall–Kier alpha value is -0.0800. The summed E-state index contributed by atoms with van der Waals surface area (Å²) in [4.78, 5) is 2.71. The molecule has 94 valence electrons. The fourth-order valence-corrected chi connectivity index (χ4v) is 3.08. The molecule has 1 unspecified atom stereocenters. The third-order valence-corrected chi connectivity index (χ3v) is 4.34. The second-order valence-electron chi connectivity index (χ2n) is 6.25. The molecule has 0 spiro atoms. The summed E-state index contributed by atoms with van der Waals surface area (Å²) in [6.07, 6.45) is 7.08. The first-order valence-electron chi connectivity index (χ1n) is 7.12. The van der Waals surface area contributed by atoms with Crippen LogP contribution in [0, 0.1) is 5.41 Å². The first-order chi connectivity index (χ1) is 7.63. The van der Waals surface area contributed by atoms with Gasteiger partial charge >= 0.3 is 0 Å². The van der Waals surface area contributed by atoms with Crippen molar-refractivity contribution in [3.05, 3.63) is 0 Å². The van der Waals surface area contributed by atoms with Crippen LogP contribution in [0.15, 0.2) is 0 Å². The Morgan fingerprint density at radius 1 is 1.38 bits per heavy atom. The Labute approximate surface area is 101 Å². The van der Waals surface area contributed by atoms with E-state index >= 15 is 0 Å². The Morgan fingerprint density at radius 3 is 2.69 bits per heavy atom. The Balaban J connectivity index is 1.78. The van der Waals surface area contributed by atoms with E-state index in [1.807, 2.05) is 0 Å². The van der Waals surface area contributed by atoms with Crippen LogP contribution in [0.25, 0.3) is 0 Å². The minimum absolute atomic E-state index is 0.631. The van der Waals surface area contributed by atoms with Gasteiger partial charge in [-0.15, -0.1) is 0 Å². The molecular weight excluding hydrogens is 196 g/mol. The SMILES string of the molecule is CCC1(CN2CCCC(NC(C)C)C2)CC1. The minimum Gasteiger partial charge on any atom is -0.311 e.